The minimum atomic E-state index is -0.502. The van der Waals surface area contributed by atoms with Crippen LogP contribution in [-0.4, -0.2) is 49.5 Å². The lowest BCUT2D eigenvalue weighted by molar-refractivity contribution is -0.155. The van der Waals surface area contributed by atoms with Crippen LogP contribution in [0.4, 0.5) is 0 Å². The summed E-state index contributed by atoms with van der Waals surface area (Å²) in [6.45, 7) is 8.05. The van der Waals surface area contributed by atoms with E-state index in [1.54, 1.807) is 17.9 Å². The summed E-state index contributed by atoms with van der Waals surface area (Å²) in [7, 11) is 4.98. The van der Waals surface area contributed by atoms with Crippen molar-refractivity contribution >= 4 is 23.5 Å². The molecule has 0 fully saturated rings. The Bertz CT molecular complexity index is 919. The molecule has 7 heteroatoms. The minimum absolute atomic E-state index is 0.0509. The molecule has 1 aromatic heterocycles. The number of esters is 1. The fraction of sp³-hybridized carbons (Fsp3) is 0.435. The smallest absolute Gasteiger partial charge is 0.334 e. The summed E-state index contributed by atoms with van der Waals surface area (Å²) in [5, 5.41) is 4.42. The topological polar surface area (TPSA) is 74.9 Å². The molecule has 2 aromatic rings. The van der Waals surface area contributed by atoms with E-state index in [9.17, 15) is 4.79 Å². The molecule has 7 nitrogen and oxygen atoms in total. The summed E-state index contributed by atoms with van der Waals surface area (Å²) in [5.74, 6) is 0.0238. The van der Waals surface area contributed by atoms with Crippen LogP contribution in [0.5, 0.6) is 0 Å². The molecule has 0 saturated heterocycles. The van der Waals surface area contributed by atoms with Crippen LogP contribution in [0.1, 0.15) is 43.3 Å². The summed E-state index contributed by atoms with van der Waals surface area (Å²) in [4.78, 5) is 15.9. The molecule has 0 bridgehead atoms. The Morgan fingerprint density at radius 1 is 1.20 bits per heavy atom. The zero-order chi connectivity index (χ0) is 22.3. The molecule has 2 rings (SSSR count). The predicted molar refractivity (Wildman–Crippen MR) is 118 cm³/mol. The van der Waals surface area contributed by atoms with Crippen molar-refractivity contribution in [3.63, 3.8) is 0 Å². The Balaban J connectivity index is 2.51. The molecule has 0 N–H and O–H groups in total. The predicted octanol–water partition coefficient (Wildman–Crippen LogP) is 3.76. The van der Waals surface area contributed by atoms with Crippen molar-refractivity contribution in [2.45, 2.75) is 33.1 Å². The van der Waals surface area contributed by atoms with E-state index in [1.807, 2.05) is 32.2 Å². The highest BCUT2D eigenvalue weighted by Crippen LogP contribution is 2.29. The van der Waals surface area contributed by atoms with E-state index in [0.29, 0.717) is 5.76 Å². The Kier molecular flexibility index (Phi) is 7.94. The first-order valence-electron chi connectivity index (χ1n) is 9.73. The van der Waals surface area contributed by atoms with Gasteiger partial charge in [0.2, 0.25) is 6.79 Å². The summed E-state index contributed by atoms with van der Waals surface area (Å²) in [6.07, 6.45) is 1.74. The van der Waals surface area contributed by atoms with Crippen LogP contribution in [0.25, 0.3) is 11.3 Å². The maximum Gasteiger partial charge on any atom is 0.334 e. The number of nitrogens with zero attached hydrogens (tertiary/aromatic N) is 3. The normalized spacial score (nSPS) is 12.8. The quantitative estimate of drug-likeness (QED) is 0.285. The van der Waals surface area contributed by atoms with Crippen LogP contribution in [0.2, 0.25) is 0 Å². The summed E-state index contributed by atoms with van der Waals surface area (Å²) in [6, 6.07) is 10.2. The van der Waals surface area contributed by atoms with Crippen molar-refractivity contribution in [1.29, 1.82) is 0 Å². The second-order valence-electron chi connectivity index (χ2n) is 7.96. The Hall–Kier alpha value is -2.93. The number of carbonyl (C=O) groups is 1. The Morgan fingerprint density at radius 2 is 1.87 bits per heavy atom. The number of rotatable bonds is 8. The van der Waals surface area contributed by atoms with E-state index >= 15 is 0 Å². The van der Waals surface area contributed by atoms with Gasteiger partial charge >= 0.3 is 5.97 Å². The van der Waals surface area contributed by atoms with Gasteiger partial charge in [-0.15, -0.1) is 0 Å². The van der Waals surface area contributed by atoms with Gasteiger partial charge in [0, 0.05) is 33.0 Å². The summed E-state index contributed by atoms with van der Waals surface area (Å²) >= 11 is 0. The summed E-state index contributed by atoms with van der Waals surface area (Å²) in [5.41, 5.74) is 4.58. The molecule has 0 atom stereocenters. The molecule has 0 unspecified atom stereocenters. The van der Waals surface area contributed by atoms with E-state index in [2.05, 4.69) is 43.0 Å². The molecule has 0 aliphatic rings. The van der Waals surface area contributed by atoms with E-state index in [4.69, 9.17) is 14.2 Å². The zero-order valence-corrected chi connectivity index (χ0v) is 18.9. The maximum absolute atomic E-state index is 11.6. The van der Waals surface area contributed by atoms with Gasteiger partial charge in [0.25, 0.3) is 0 Å². The third-order valence-electron chi connectivity index (χ3n) is 4.48. The lowest BCUT2D eigenvalue weighted by atomic mass is 9.86. The fourth-order valence-corrected chi connectivity index (χ4v) is 2.97. The van der Waals surface area contributed by atoms with Crippen molar-refractivity contribution in [3.8, 4) is 0 Å². The molecular formula is C23H31N3O4. The van der Waals surface area contributed by atoms with Gasteiger partial charge in [0.1, 0.15) is 12.3 Å². The molecule has 0 radical (unpaired) electrons. The number of aliphatic imine (C=N–C) groups is 1. The van der Waals surface area contributed by atoms with E-state index in [-0.39, 0.29) is 18.8 Å². The van der Waals surface area contributed by atoms with E-state index in [1.165, 1.54) is 12.7 Å². The number of carbonyl (C=O) groups excluding carboxylic acids is 1. The minimum Gasteiger partial charge on any atom is -0.454 e. The molecule has 0 aliphatic heterocycles. The van der Waals surface area contributed by atoms with Crippen LogP contribution < -0.4 is 0 Å². The molecular weight excluding hydrogens is 382 g/mol. The average Bonchev–Trinajstić information content (AvgIpc) is 3.01. The molecule has 30 heavy (non-hydrogen) atoms. The second kappa shape index (κ2) is 10.2. The molecule has 0 saturated carbocycles. The molecule has 0 spiro atoms. The van der Waals surface area contributed by atoms with Crippen LogP contribution in [0, 0.1) is 6.92 Å². The monoisotopic (exact) mass is 413 g/mol. The van der Waals surface area contributed by atoms with Crippen molar-refractivity contribution in [2.24, 2.45) is 12.0 Å². The van der Waals surface area contributed by atoms with Gasteiger partial charge in [-0.2, -0.15) is 5.10 Å². The molecule has 1 heterocycles. The fourth-order valence-electron chi connectivity index (χ4n) is 2.97. The highest BCUT2D eigenvalue weighted by Gasteiger charge is 2.19. The van der Waals surface area contributed by atoms with Gasteiger partial charge in [0.05, 0.1) is 5.69 Å². The highest BCUT2D eigenvalue weighted by atomic mass is 16.7. The van der Waals surface area contributed by atoms with Crippen LogP contribution in [0.15, 0.2) is 35.3 Å². The van der Waals surface area contributed by atoms with Crippen LogP contribution in [0.3, 0.4) is 0 Å². The molecule has 0 amide bonds. The molecule has 0 aliphatic carbocycles. The number of hydrogen-bond donors (Lipinski definition) is 0. The zero-order valence-electron chi connectivity index (χ0n) is 18.9. The summed E-state index contributed by atoms with van der Waals surface area (Å²) < 4.78 is 17.6. The number of allylic oxidation sites excluding steroid dienone is 1. The first kappa shape index (κ1) is 23.3. The van der Waals surface area contributed by atoms with Crippen molar-refractivity contribution in [2.75, 3.05) is 27.6 Å². The SMILES string of the molecule is C/N=C\C(=C(\OCOC(=O)COC)c1cc(C)nn1C)c1ccc(C(C)(C)C)cc1. The van der Waals surface area contributed by atoms with Gasteiger partial charge in [-0.05, 0) is 29.5 Å². The Morgan fingerprint density at radius 3 is 2.37 bits per heavy atom. The maximum atomic E-state index is 11.6. The van der Waals surface area contributed by atoms with Crippen molar-refractivity contribution in [1.82, 2.24) is 9.78 Å². The van der Waals surface area contributed by atoms with Gasteiger partial charge < -0.3 is 14.2 Å². The van der Waals surface area contributed by atoms with Crippen LogP contribution in [-0.2, 0) is 31.5 Å². The van der Waals surface area contributed by atoms with Gasteiger partial charge in [0.15, 0.2) is 5.76 Å². The number of methoxy groups -OCH3 is 1. The first-order valence-corrected chi connectivity index (χ1v) is 9.73. The van der Waals surface area contributed by atoms with Gasteiger partial charge in [-0.3, -0.25) is 9.67 Å². The number of benzene rings is 1. The Labute approximate surface area is 178 Å². The van der Waals surface area contributed by atoms with Crippen molar-refractivity contribution in [3.05, 3.63) is 52.8 Å². The third-order valence-corrected chi connectivity index (χ3v) is 4.48. The molecule has 162 valence electrons. The van der Waals surface area contributed by atoms with Gasteiger partial charge in [-0.1, -0.05) is 45.0 Å². The number of ether oxygens (including phenoxy) is 3. The standard InChI is InChI=1S/C23H31N3O4/c1-16-12-20(26(6)25-16)22(30-15-29-21(27)14-28-7)19(13-24-5)17-8-10-18(11-9-17)23(2,3)4/h8-13H,14-15H2,1-7H3/b22-19-,24-13-. The largest absolute Gasteiger partial charge is 0.454 e. The number of aryl methyl sites for hydroxylation is 2. The van der Waals surface area contributed by atoms with Crippen molar-refractivity contribution < 1.29 is 19.0 Å². The molecule has 1 aromatic carbocycles. The average molecular weight is 414 g/mol. The lowest BCUT2D eigenvalue weighted by Crippen LogP contribution is -2.14. The van der Waals surface area contributed by atoms with Gasteiger partial charge in [-0.25, -0.2) is 4.79 Å². The van der Waals surface area contributed by atoms with E-state index < -0.39 is 5.97 Å². The number of aromatic nitrogens is 2. The third kappa shape index (κ3) is 6.03. The van der Waals surface area contributed by atoms with E-state index in [0.717, 1.165) is 22.5 Å². The second-order valence-corrected chi connectivity index (χ2v) is 7.96. The first-order chi connectivity index (χ1) is 14.2. The lowest BCUT2D eigenvalue weighted by Gasteiger charge is -2.20. The highest BCUT2D eigenvalue weighted by molar-refractivity contribution is 6.18. The van der Waals surface area contributed by atoms with Crippen LogP contribution >= 0.6 is 0 Å². The number of hydrogen-bond acceptors (Lipinski definition) is 6.